The van der Waals surface area contributed by atoms with Crippen molar-refractivity contribution in [1.29, 1.82) is 0 Å². The third-order valence-electron chi connectivity index (χ3n) is 6.79. The lowest BCUT2D eigenvalue weighted by Crippen LogP contribution is -2.42. The van der Waals surface area contributed by atoms with Crippen LogP contribution in [0.3, 0.4) is 0 Å². The van der Waals surface area contributed by atoms with Crippen LogP contribution in [0.5, 0.6) is 11.5 Å². The molecule has 0 aliphatic carbocycles. The molecule has 2 saturated heterocycles. The van der Waals surface area contributed by atoms with Crippen molar-refractivity contribution in [1.82, 2.24) is 14.9 Å². The highest BCUT2D eigenvalue weighted by molar-refractivity contribution is 6.31. The highest BCUT2D eigenvalue weighted by atomic mass is 35.5. The number of fused-ring (bicyclic) bond motifs is 1. The van der Waals surface area contributed by atoms with Gasteiger partial charge in [0.05, 0.1) is 35.7 Å². The Morgan fingerprint density at radius 1 is 1.18 bits per heavy atom. The molecule has 2 fully saturated rings. The Kier molecular flexibility index (Phi) is 8.46. The second-order valence-electron chi connectivity index (χ2n) is 11.1. The van der Waals surface area contributed by atoms with Gasteiger partial charge in [-0.1, -0.05) is 11.6 Å². The van der Waals surface area contributed by atoms with E-state index in [1.54, 1.807) is 11.0 Å². The van der Waals surface area contributed by atoms with E-state index < -0.39 is 11.4 Å². The Bertz CT molecular complexity index is 1350. The molecule has 1 unspecified atom stereocenters. The third kappa shape index (κ3) is 7.03. The van der Waals surface area contributed by atoms with Gasteiger partial charge in [-0.3, -0.25) is 0 Å². The summed E-state index contributed by atoms with van der Waals surface area (Å²) in [5, 5.41) is 3.90. The molecule has 11 heteroatoms. The number of piperidine rings is 1. The fraction of sp³-hybridized carbons (Fsp3) is 0.483. The number of nitrogens with zero attached hydrogens (tertiary/aromatic N) is 3. The predicted octanol–water partition coefficient (Wildman–Crippen LogP) is 6.36. The number of nitrogens with one attached hydrogen (secondary N) is 1. The second kappa shape index (κ2) is 12.0. The largest absolute Gasteiger partial charge is 0.493 e. The molecule has 1 N–H and O–H groups in total. The predicted molar refractivity (Wildman–Crippen MR) is 150 cm³/mol. The van der Waals surface area contributed by atoms with Crippen LogP contribution in [0.25, 0.3) is 10.9 Å². The minimum atomic E-state index is -0.511. The van der Waals surface area contributed by atoms with Gasteiger partial charge in [0.1, 0.15) is 41.2 Å². The van der Waals surface area contributed by atoms with Crippen molar-refractivity contribution in [2.24, 2.45) is 5.92 Å². The van der Waals surface area contributed by atoms with Crippen molar-refractivity contribution in [3.63, 3.8) is 0 Å². The van der Waals surface area contributed by atoms with Crippen LogP contribution in [0, 0.1) is 11.7 Å². The molecule has 3 aromatic rings. The van der Waals surface area contributed by atoms with E-state index in [1.165, 1.54) is 18.5 Å². The first-order valence-electron chi connectivity index (χ1n) is 13.5. The average molecular weight is 573 g/mol. The summed E-state index contributed by atoms with van der Waals surface area (Å²) in [4.78, 5) is 23.1. The van der Waals surface area contributed by atoms with E-state index in [0.717, 1.165) is 19.3 Å². The average Bonchev–Trinajstić information content (AvgIpc) is 3.42. The molecule has 2 aliphatic heterocycles. The van der Waals surface area contributed by atoms with Crippen molar-refractivity contribution in [2.45, 2.75) is 51.7 Å². The van der Waals surface area contributed by atoms with E-state index >= 15 is 0 Å². The summed E-state index contributed by atoms with van der Waals surface area (Å²) >= 11 is 5.98. The molecule has 0 bridgehead atoms. The summed E-state index contributed by atoms with van der Waals surface area (Å²) in [6.45, 7) is 8.51. The molecule has 0 saturated carbocycles. The normalized spacial score (nSPS) is 18.1. The van der Waals surface area contributed by atoms with E-state index in [0.29, 0.717) is 72.7 Å². The smallest absolute Gasteiger partial charge is 0.410 e. The van der Waals surface area contributed by atoms with Crippen LogP contribution in [0.1, 0.15) is 40.0 Å². The van der Waals surface area contributed by atoms with Crippen LogP contribution in [0.4, 0.5) is 20.7 Å². The first-order valence-corrected chi connectivity index (χ1v) is 13.9. The highest BCUT2D eigenvalue weighted by Gasteiger charge is 2.27. The van der Waals surface area contributed by atoms with Gasteiger partial charge < -0.3 is 29.2 Å². The molecule has 1 atom stereocenters. The zero-order chi connectivity index (χ0) is 28.3. The van der Waals surface area contributed by atoms with Crippen molar-refractivity contribution >= 4 is 40.1 Å². The number of amides is 1. The lowest BCUT2D eigenvalue weighted by Gasteiger charge is -2.33. The zero-order valence-corrected chi connectivity index (χ0v) is 23.7. The Morgan fingerprint density at radius 3 is 2.67 bits per heavy atom. The van der Waals surface area contributed by atoms with Gasteiger partial charge in [0.25, 0.3) is 0 Å². The van der Waals surface area contributed by atoms with Gasteiger partial charge in [0.2, 0.25) is 0 Å². The number of carbonyl (C=O) groups is 1. The van der Waals surface area contributed by atoms with Crippen LogP contribution >= 0.6 is 11.6 Å². The molecule has 1 aromatic heterocycles. The molecule has 9 nitrogen and oxygen atoms in total. The molecule has 214 valence electrons. The Hall–Kier alpha value is -3.37. The van der Waals surface area contributed by atoms with Gasteiger partial charge in [-0.2, -0.15) is 0 Å². The number of halogens is 2. The molecule has 1 amide bonds. The van der Waals surface area contributed by atoms with Crippen LogP contribution in [-0.2, 0) is 9.47 Å². The summed E-state index contributed by atoms with van der Waals surface area (Å²) in [5.74, 6) is 1.50. The number of hydrogen-bond acceptors (Lipinski definition) is 8. The van der Waals surface area contributed by atoms with Gasteiger partial charge >= 0.3 is 6.09 Å². The second-order valence-corrected chi connectivity index (χ2v) is 11.5. The van der Waals surface area contributed by atoms with Crippen LogP contribution < -0.4 is 14.8 Å². The van der Waals surface area contributed by atoms with Crippen molar-refractivity contribution in [3.05, 3.63) is 47.5 Å². The number of rotatable bonds is 7. The van der Waals surface area contributed by atoms with E-state index in [2.05, 4.69) is 15.3 Å². The molecule has 5 rings (SSSR count). The maximum atomic E-state index is 13.7. The number of ether oxygens (including phenoxy) is 4. The Morgan fingerprint density at radius 2 is 1.98 bits per heavy atom. The van der Waals surface area contributed by atoms with E-state index in [4.69, 9.17) is 30.5 Å². The monoisotopic (exact) mass is 572 g/mol. The van der Waals surface area contributed by atoms with E-state index in [-0.39, 0.29) is 17.2 Å². The summed E-state index contributed by atoms with van der Waals surface area (Å²) in [6.07, 6.45) is 3.49. The molecule has 0 spiro atoms. The fourth-order valence-corrected chi connectivity index (χ4v) is 4.90. The molecule has 2 aromatic carbocycles. The number of aromatic nitrogens is 2. The topological polar surface area (TPSA) is 95.0 Å². The molecule has 2 aliphatic rings. The van der Waals surface area contributed by atoms with Gasteiger partial charge in [-0.05, 0) is 57.7 Å². The van der Waals surface area contributed by atoms with E-state index in [1.807, 2.05) is 32.9 Å². The third-order valence-corrected chi connectivity index (χ3v) is 7.08. The van der Waals surface area contributed by atoms with Crippen molar-refractivity contribution < 1.29 is 28.1 Å². The lowest BCUT2D eigenvalue weighted by molar-refractivity contribution is 0.0165. The Balaban J connectivity index is 1.32. The van der Waals surface area contributed by atoms with Gasteiger partial charge in [-0.15, -0.1) is 0 Å². The molecule has 0 radical (unpaired) electrons. The standard InChI is InChI=1S/C29H34ClFN4O5/c1-29(2,3)40-28(36)35-9-6-18(7-10-35)15-38-21-13-24-26(25(14-21)39-20-8-11-37-16-20)27(33-17-32-24)34-19-4-5-23(31)22(30)12-19/h4-5,12-14,17-18,20H,6-11,15-16H2,1-3H3,(H,32,33,34). The minimum Gasteiger partial charge on any atom is -0.493 e. The van der Waals surface area contributed by atoms with E-state index in [9.17, 15) is 9.18 Å². The number of anilines is 2. The number of benzene rings is 2. The molecule has 3 heterocycles. The quantitative estimate of drug-likeness (QED) is 0.349. The maximum Gasteiger partial charge on any atom is 0.410 e. The van der Waals surface area contributed by atoms with Crippen LogP contribution in [0.15, 0.2) is 36.7 Å². The number of carbonyl (C=O) groups excluding carboxylic acids is 1. The minimum absolute atomic E-state index is 0.00977. The van der Waals surface area contributed by atoms with Crippen LogP contribution in [-0.4, -0.2) is 65.6 Å². The lowest BCUT2D eigenvalue weighted by atomic mass is 9.98. The fourth-order valence-electron chi connectivity index (χ4n) is 4.72. The number of likely N-dealkylation sites (tertiary alicyclic amines) is 1. The zero-order valence-electron chi connectivity index (χ0n) is 22.9. The first kappa shape index (κ1) is 28.2. The van der Waals surface area contributed by atoms with Crippen molar-refractivity contribution in [3.8, 4) is 11.5 Å². The van der Waals surface area contributed by atoms with Gasteiger partial charge in [0, 0.05) is 37.3 Å². The first-order chi connectivity index (χ1) is 19.1. The number of hydrogen-bond donors (Lipinski definition) is 1. The van der Waals surface area contributed by atoms with Gasteiger partial charge in [0.15, 0.2) is 0 Å². The maximum absolute atomic E-state index is 13.7. The molecular formula is C29H34ClFN4O5. The summed E-state index contributed by atoms with van der Waals surface area (Å²) in [5.41, 5.74) is 0.708. The highest BCUT2D eigenvalue weighted by Crippen LogP contribution is 2.37. The van der Waals surface area contributed by atoms with Gasteiger partial charge in [-0.25, -0.2) is 19.2 Å². The molecular weight excluding hydrogens is 539 g/mol. The summed E-state index contributed by atoms with van der Waals surface area (Å²) in [6, 6.07) is 8.09. The van der Waals surface area contributed by atoms with Crippen LogP contribution in [0.2, 0.25) is 5.02 Å². The molecule has 40 heavy (non-hydrogen) atoms. The summed E-state index contributed by atoms with van der Waals surface area (Å²) in [7, 11) is 0. The summed E-state index contributed by atoms with van der Waals surface area (Å²) < 4.78 is 37.3. The Labute approximate surface area is 237 Å². The van der Waals surface area contributed by atoms with Crippen molar-refractivity contribution in [2.75, 3.05) is 38.2 Å². The SMILES string of the molecule is CC(C)(C)OC(=O)N1CCC(COc2cc(OC3CCOC3)c3c(Nc4ccc(F)c(Cl)c4)ncnc3c2)CC1.